The number of amides is 1. The average molecular weight is 489 g/mol. The Balaban J connectivity index is 1.98. The SMILES string of the molecule is CCCCn1c(N)c(N(Cc2ccco2)C(=O)CCc2c(C)nc(SC)[nH]c2=O)c(=O)[nH]c1=O. The molecule has 0 aliphatic heterocycles. The van der Waals surface area contributed by atoms with Gasteiger partial charge in [0.15, 0.2) is 10.8 Å². The van der Waals surface area contributed by atoms with Gasteiger partial charge >= 0.3 is 5.69 Å². The quantitative estimate of drug-likeness (QED) is 0.288. The number of nitrogens with one attached hydrogen (secondary N) is 2. The third-order valence-electron chi connectivity index (χ3n) is 5.40. The van der Waals surface area contributed by atoms with E-state index in [1.807, 2.05) is 6.92 Å². The number of rotatable bonds is 10. The maximum atomic E-state index is 13.4. The van der Waals surface area contributed by atoms with E-state index in [9.17, 15) is 19.2 Å². The number of aryl methyl sites for hydroxylation is 1. The van der Waals surface area contributed by atoms with E-state index in [1.54, 1.807) is 25.3 Å². The van der Waals surface area contributed by atoms with Crippen LogP contribution >= 0.6 is 11.8 Å². The number of carbonyl (C=O) groups excluding carboxylic acids is 1. The van der Waals surface area contributed by atoms with Crippen LogP contribution in [0.4, 0.5) is 11.5 Å². The van der Waals surface area contributed by atoms with Crippen molar-refractivity contribution in [2.24, 2.45) is 0 Å². The number of anilines is 2. The highest BCUT2D eigenvalue weighted by molar-refractivity contribution is 7.98. The van der Waals surface area contributed by atoms with Crippen LogP contribution in [0.3, 0.4) is 0 Å². The van der Waals surface area contributed by atoms with E-state index in [1.165, 1.54) is 27.5 Å². The molecular formula is C22H28N6O5S. The summed E-state index contributed by atoms with van der Waals surface area (Å²) in [4.78, 5) is 61.4. The van der Waals surface area contributed by atoms with E-state index >= 15 is 0 Å². The number of hydrogen-bond donors (Lipinski definition) is 3. The van der Waals surface area contributed by atoms with Crippen molar-refractivity contribution >= 4 is 29.2 Å². The van der Waals surface area contributed by atoms with E-state index in [4.69, 9.17) is 10.2 Å². The van der Waals surface area contributed by atoms with E-state index in [-0.39, 0.29) is 36.5 Å². The molecule has 0 saturated carbocycles. The molecule has 0 atom stereocenters. The zero-order chi connectivity index (χ0) is 24.8. The van der Waals surface area contributed by atoms with Crippen molar-refractivity contribution in [3.63, 3.8) is 0 Å². The van der Waals surface area contributed by atoms with Gasteiger partial charge in [0.05, 0.1) is 12.8 Å². The van der Waals surface area contributed by atoms with Gasteiger partial charge < -0.3 is 15.1 Å². The van der Waals surface area contributed by atoms with E-state index in [2.05, 4.69) is 15.0 Å². The van der Waals surface area contributed by atoms with Crippen LogP contribution in [0.2, 0.25) is 0 Å². The highest BCUT2D eigenvalue weighted by atomic mass is 32.2. The second-order valence-corrected chi connectivity index (χ2v) is 8.49. The van der Waals surface area contributed by atoms with Gasteiger partial charge in [0, 0.05) is 24.2 Å². The molecule has 0 spiro atoms. The Morgan fingerprint density at radius 2 is 2.03 bits per heavy atom. The first-order valence-corrected chi connectivity index (χ1v) is 12.1. The van der Waals surface area contributed by atoms with Crippen molar-refractivity contribution in [1.82, 2.24) is 19.5 Å². The lowest BCUT2D eigenvalue weighted by atomic mass is 10.1. The monoisotopic (exact) mass is 488 g/mol. The van der Waals surface area contributed by atoms with Crippen LogP contribution in [0.1, 0.15) is 43.2 Å². The standard InChI is InChI=1S/C22H28N6O5S/c1-4-5-10-27-18(23)17(20(31)26-22(27)32)28(12-14-7-6-11-33-14)16(29)9-8-15-13(2)24-21(34-3)25-19(15)30/h6-7,11H,4-5,8-10,12,23H2,1-3H3,(H,24,25,30)(H,26,31,32). The lowest BCUT2D eigenvalue weighted by molar-refractivity contribution is -0.118. The minimum Gasteiger partial charge on any atom is -0.467 e. The molecule has 3 rings (SSSR count). The molecule has 0 bridgehead atoms. The molecule has 34 heavy (non-hydrogen) atoms. The van der Waals surface area contributed by atoms with Crippen molar-refractivity contribution in [1.29, 1.82) is 0 Å². The van der Waals surface area contributed by atoms with Gasteiger partial charge in [0.25, 0.3) is 11.1 Å². The van der Waals surface area contributed by atoms with Crippen LogP contribution in [0.5, 0.6) is 0 Å². The summed E-state index contributed by atoms with van der Waals surface area (Å²) < 4.78 is 6.63. The Labute approximate surface area is 199 Å². The number of nitrogen functional groups attached to an aromatic ring is 1. The molecule has 0 radical (unpaired) electrons. The number of nitrogens with zero attached hydrogens (tertiary/aromatic N) is 3. The zero-order valence-corrected chi connectivity index (χ0v) is 20.2. The number of unbranched alkanes of at least 4 members (excludes halogenated alkanes) is 1. The predicted octanol–water partition coefficient (Wildman–Crippen LogP) is 1.79. The molecule has 0 aliphatic rings. The minimum absolute atomic E-state index is 0.0654. The molecule has 0 aliphatic carbocycles. The van der Waals surface area contributed by atoms with Crippen molar-refractivity contribution in [2.75, 3.05) is 16.9 Å². The highest BCUT2D eigenvalue weighted by Crippen LogP contribution is 2.22. The van der Waals surface area contributed by atoms with Crippen LogP contribution in [-0.4, -0.2) is 31.7 Å². The normalized spacial score (nSPS) is 11.0. The molecule has 3 aromatic heterocycles. The van der Waals surface area contributed by atoms with Gasteiger partial charge in [0.2, 0.25) is 5.91 Å². The minimum atomic E-state index is -0.768. The highest BCUT2D eigenvalue weighted by Gasteiger charge is 2.25. The Morgan fingerprint density at radius 3 is 2.65 bits per heavy atom. The van der Waals surface area contributed by atoms with Crippen molar-refractivity contribution in [3.8, 4) is 0 Å². The van der Waals surface area contributed by atoms with Crippen LogP contribution in [0.15, 0.2) is 42.4 Å². The number of furan rings is 1. The summed E-state index contributed by atoms with van der Waals surface area (Å²) in [5.74, 6) is -0.123. The van der Waals surface area contributed by atoms with Crippen molar-refractivity contribution in [2.45, 2.75) is 57.8 Å². The number of H-pyrrole nitrogens is 2. The first-order valence-electron chi connectivity index (χ1n) is 10.9. The van der Waals surface area contributed by atoms with Crippen LogP contribution < -0.4 is 27.4 Å². The molecule has 11 nitrogen and oxygen atoms in total. The van der Waals surface area contributed by atoms with E-state index < -0.39 is 17.2 Å². The fraction of sp³-hybridized carbons (Fsp3) is 0.409. The lowest BCUT2D eigenvalue weighted by Gasteiger charge is -2.24. The lowest BCUT2D eigenvalue weighted by Crippen LogP contribution is -2.41. The first-order chi connectivity index (χ1) is 16.3. The molecule has 0 saturated heterocycles. The molecule has 0 fully saturated rings. The van der Waals surface area contributed by atoms with Crippen LogP contribution in [-0.2, 0) is 24.3 Å². The molecule has 1 amide bonds. The van der Waals surface area contributed by atoms with Crippen molar-refractivity contribution < 1.29 is 9.21 Å². The molecule has 12 heteroatoms. The largest absolute Gasteiger partial charge is 0.467 e. The van der Waals surface area contributed by atoms with Gasteiger partial charge in [-0.2, -0.15) is 0 Å². The Bertz CT molecular complexity index is 1330. The maximum absolute atomic E-state index is 13.4. The van der Waals surface area contributed by atoms with Gasteiger partial charge in [-0.3, -0.25) is 28.8 Å². The molecular weight excluding hydrogens is 460 g/mol. The first kappa shape index (κ1) is 25.1. The topological polar surface area (TPSA) is 160 Å². The molecule has 4 N–H and O–H groups in total. The Kier molecular flexibility index (Phi) is 8.16. The number of thioether (sulfide) groups is 1. The van der Waals surface area contributed by atoms with Crippen LogP contribution in [0, 0.1) is 6.92 Å². The molecule has 3 heterocycles. The number of nitrogens with two attached hydrogens (primary N) is 1. The molecule has 182 valence electrons. The second kappa shape index (κ2) is 11.1. The number of hydrogen-bond acceptors (Lipinski definition) is 8. The predicted molar refractivity (Wildman–Crippen MR) is 130 cm³/mol. The molecule has 3 aromatic rings. The number of carbonyl (C=O) groups is 1. The van der Waals surface area contributed by atoms with Gasteiger partial charge in [-0.05, 0) is 38.2 Å². The van der Waals surface area contributed by atoms with Gasteiger partial charge in [-0.25, -0.2) is 9.78 Å². The zero-order valence-electron chi connectivity index (χ0n) is 19.3. The van der Waals surface area contributed by atoms with Gasteiger partial charge in [0.1, 0.15) is 11.6 Å². The summed E-state index contributed by atoms with van der Waals surface area (Å²) in [6, 6.07) is 3.33. The maximum Gasteiger partial charge on any atom is 0.330 e. The second-order valence-electron chi connectivity index (χ2n) is 7.70. The summed E-state index contributed by atoms with van der Waals surface area (Å²) in [7, 11) is 0. The summed E-state index contributed by atoms with van der Waals surface area (Å²) in [5, 5.41) is 0.491. The van der Waals surface area contributed by atoms with Crippen LogP contribution in [0.25, 0.3) is 0 Å². The summed E-state index contributed by atoms with van der Waals surface area (Å²) >= 11 is 1.31. The Morgan fingerprint density at radius 1 is 1.26 bits per heavy atom. The Hall–Kier alpha value is -3.54. The van der Waals surface area contributed by atoms with Gasteiger partial charge in [-0.15, -0.1) is 0 Å². The third-order valence-corrected chi connectivity index (χ3v) is 5.98. The van der Waals surface area contributed by atoms with Crippen molar-refractivity contribution in [3.05, 3.63) is 66.6 Å². The van der Waals surface area contributed by atoms with Gasteiger partial charge in [-0.1, -0.05) is 25.1 Å². The fourth-order valence-corrected chi connectivity index (χ4v) is 3.99. The smallest absolute Gasteiger partial charge is 0.330 e. The summed E-state index contributed by atoms with van der Waals surface area (Å²) in [5.41, 5.74) is 5.31. The van der Waals surface area contributed by atoms with E-state index in [0.717, 1.165) is 6.42 Å². The molecule has 0 unspecified atom stereocenters. The fourth-order valence-electron chi connectivity index (χ4n) is 3.57. The average Bonchev–Trinajstić information content (AvgIpc) is 3.30. The van der Waals surface area contributed by atoms with E-state index in [0.29, 0.717) is 35.1 Å². The summed E-state index contributed by atoms with van der Waals surface area (Å²) in [6.45, 7) is 3.91. The molecule has 0 aromatic carbocycles. The number of aromatic amines is 2. The third kappa shape index (κ3) is 5.50. The number of aromatic nitrogens is 4. The summed E-state index contributed by atoms with van der Waals surface area (Å²) in [6.07, 6.45) is 4.77.